The Hall–Kier alpha value is -3.16. The summed E-state index contributed by atoms with van der Waals surface area (Å²) in [5.74, 6) is -3.36. The van der Waals surface area contributed by atoms with Crippen LogP contribution in [-0.2, 0) is 25.5 Å². The Labute approximate surface area is 142 Å². The molecule has 0 aliphatic carbocycles. The van der Waals surface area contributed by atoms with Crippen LogP contribution in [0.2, 0.25) is 0 Å². The number of hydrogen-bond acceptors (Lipinski definition) is 5. The highest BCUT2D eigenvalue weighted by atomic mass is 16.5. The Bertz CT molecular complexity index is 888. The van der Waals surface area contributed by atoms with Gasteiger partial charge in [-0.3, -0.25) is 9.59 Å². The molecule has 3 N–H and O–H groups in total. The van der Waals surface area contributed by atoms with Crippen LogP contribution in [-0.4, -0.2) is 40.1 Å². The lowest BCUT2D eigenvalue weighted by Gasteiger charge is -2.28. The molecule has 1 unspecified atom stereocenters. The second-order valence-electron chi connectivity index (χ2n) is 5.49. The van der Waals surface area contributed by atoms with E-state index in [9.17, 15) is 24.3 Å². The predicted molar refractivity (Wildman–Crippen MR) is 89.1 cm³/mol. The van der Waals surface area contributed by atoms with Crippen LogP contribution >= 0.6 is 0 Å². The lowest BCUT2D eigenvalue weighted by molar-refractivity contribution is -0.164. The number of carbonyl (C=O) groups excluding carboxylic acids is 2. The van der Waals surface area contributed by atoms with Gasteiger partial charge in [-0.05, 0) is 18.6 Å². The normalized spacial score (nSPS) is 13.0. The maximum atomic E-state index is 12.4. The number of benzene rings is 1. The molecule has 0 aliphatic heterocycles. The average Bonchev–Trinajstić information content (AvgIpc) is 2.53. The number of H-pyrrole nitrogens is 1. The maximum absolute atomic E-state index is 12.4. The van der Waals surface area contributed by atoms with Crippen LogP contribution in [0.4, 0.5) is 0 Å². The van der Waals surface area contributed by atoms with Gasteiger partial charge in [0.1, 0.15) is 0 Å². The van der Waals surface area contributed by atoms with Crippen LogP contribution in [0.3, 0.4) is 0 Å². The minimum Gasteiger partial charge on any atom is -0.479 e. The van der Waals surface area contributed by atoms with Crippen LogP contribution in [0.25, 0.3) is 10.9 Å². The first-order valence-electron chi connectivity index (χ1n) is 7.60. The lowest BCUT2D eigenvalue weighted by atomic mass is 9.89. The van der Waals surface area contributed by atoms with Gasteiger partial charge in [-0.25, -0.2) is 9.59 Å². The fourth-order valence-electron chi connectivity index (χ4n) is 2.65. The zero-order valence-corrected chi connectivity index (χ0v) is 13.8. The molecule has 0 bridgehead atoms. The molecule has 2 aromatic rings. The number of aromatic nitrogens is 1. The lowest BCUT2D eigenvalue weighted by Crippen LogP contribution is -2.62. The summed E-state index contributed by atoms with van der Waals surface area (Å²) in [5, 5.41) is 12.4. The zero-order chi connectivity index (χ0) is 18.6. The van der Waals surface area contributed by atoms with Gasteiger partial charge in [0, 0.05) is 30.3 Å². The van der Waals surface area contributed by atoms with E-state index < -0.39 is 35.4 Å². The van der Waals surface area contributed by atoms with Crippen LogP contribution in [0, 0.1) is 0 Å². The molecule has 0 aliphatic rings. The molecule has 132 valence electrons. The number of ether oxygens (including phenoxy) is 1. The van der Waals surface area contributed by atoms with Gasteiger partial charge in [-0.15, -0.1) is 0 Å². The highest BCUT2D eigenvalue weighted by Gasteiger charge is 2.49. The highest BCUT2D eigenvalue weighted by Crippen LogP contribution is 2.22. The van der Waals surface area contributed by atoms with Crippen molar-refractivity contribution in [2.75, 3.05) is 6.61 Å². The Morgan fingerprint density at radius 1 is 1.28 bits per heavy atom. The van der Waals surface area contributed by atoms with Crippen molar-refractivity contribution in [2.45, 2.75) is 25.8 Å². The molecule has 1 aromatic carbocycles. The van der Waals surface area contributed by atoms with Crippen molar-refractivity contribution in [3.63, 3.8) is 0 Å². The van der Waals surface area contributed by atoms with Crippen LogP contribution in [0.5, 0.6) is 0 Å². The minimum absolute atomic E-state index is 0.0520. The van der Waals surface area contributed by atoms with Gasteiger partial charge in [0.25, 0.3) is 0 Å². The molecular formula is C17H18N2O6. The third-order valence-electron chi connectivity index (χ3n) is 3.67. The van der Waals surface area contributed by atoms with Gasteiger partial charge in [0.2, 0.25) is 17.0 Å². The molecule has 0 fully saturated rings. The Morgan fingerprint density at radius 2 is 1.96 bits per heavy atom. The summed E-state index contributed by atoms with van der Waals surface area (Å²) in [5.41, 5.74) is -1.96. The largest absolute Gasteiger partial charge is 0.479 e. The van der Waals surface area contributed by atoms with E-state index in [1.807, 2.05) is 0 Å². The number of aromatic amines is 1. The Kier molecular flexibility index (Phi) is 5.21. The zero-order valence-electron chi connectivity index (χ0n) is 13.8. The van der Waals surface area contributed by atoms with Gasteiger partial charge < -0.3 is 20.1 Å². The fraction of sp³-hybridized carbons (Fsp3) is 0.294. The van der Waals surface area contributed by atoms with E-state index in [1.165, 1.54) is 13.0 Å². The molecule has 1 amide bonds. The summed E-state index contributed by atoms with van der Waals surface area (Å²) in [6.07, 6.45) is -0.425. The van der Waals surface area contributed by atoms with Gasteiger partial charge in [0.05, 0.1) is 6.61 Å². The number of aliphatic carboxylic acids is 1. The van der Waals surface area contributed by atoms with Crippen molar-refractivity contribution in [2.24, 2.45) is 0 Å². The van der Waals surface area contributed by atoms with E-state index >= 15 is 0 Å². The van der Waals surface area contributed by atoms with Crippen molar-refractivity contribution in [1.82, 2.24) is 10.3 Å². The predicted octanol–water partition coefficient (Wildman–Crippen LogP) is 0.593. The number of carbonyl (C=O) groups is 3. The number of carboxylic acids is 1. The summed E-state index contributed by atoms with van der Waals surface area (Å²) in [6, 6.07) is 7.99. The van der Waals surface area contributed by atoms with E-state index in [2.05, 4.69) is 10.3 Å². The summed E-state index contributed by atoms with van der Waals surface area (Å²) in [4.78, 5) is 50.3. The van der Waals surface area contributed by atoms with Crippen LogP contribution < -0.4 is 10.9 Å². The van der Waals surface area contributed by atoms with Gasteiger partial charge in [-0.1, -0.05) is 18.2 Å². The number of pyridine rings is 1. The number of esters is 1. The Morgan fingerprint density at radius 3 is 2.56 bits per heavy atom. The molecule has 25 heavy (non-hydrogen) atoms. The van der Waals surface area contributed by atoms with Crippen molar-refractivity contribution >= 4 is 28.7 Å². The molecule has 8 nitrogen and oxygen atoms in total. The molecule has 0 radical (unpaired) electrons. The quantitative estimate of drug-likeness (QED) is 0.519. The van der Waals surface area contributed by atoms with Crippen molar-refractivity contribution < 1.29 is 24.2 Å². The van der Waals surface area contributed by atoms with E-state index in [1.54, 1.807) is 24.3 Å². The molecule has 0 saturated carbocycles. The summed E-state index contributed by atoms with van der Waals surface area (Å²) < 4.78 is 4.86. The number of amides is 1. The number of hydrogen-bond donors (Lipinski definition) is 3. The number of rotatable bonds is 6. The van der Waals surface area contributed by atoms with E-state index in [0.717, 1.165) is 6.92 Å². The number of para-hydroxylation sites is 1. The first kappa shape index (κ1) is 18.2. The standard InChI is InChI=1S/C17H18N2O6/c1-3-25-16(24)17(15(22)23,19-10(2)20)9-11-8-14(21)18-13-7-5-4-6-12(11)13/h4-8H,3,9H2,1-2H3,(H,18,21)(H,19,20)(H,22,23). The molecule has 1 atom stereocenters. The first-order chi connectivity index (χ1) is 11.8. The van der Waals surface area contributed by atoms with Crippen molar-refractivity contribution in [3.05, 3.63) is 46.2 Å². The fourth-order valence-corrected chi connectivity index (χ4v) is 2.65. The van der Waals surface area contributed by atoms with Crippen molar-refractivity contribution in [1.29, 1.82) is 0 Å². The van der Waals surface area contributed by atoms with Crippen LogP contribution in [0.1, 0.15) is 19.4 Å². The number of nitrogens with one attached hydrogen (secondary N) is 2. The molecular weight excluding hydrogens is 328 g/mol. The first-order valence-corrected chi connectivity index (χ1v) is 7.60. The summed E-state index contributed by atoms with van der Waals surface area (Å²) >= 11 is 0. The maximum Gasteiger partial charge on any atom is 0.344 e. The molecule has 0 saturated heterocycles. The minimum atomic E-state index is -2.32. The van der Waals surface area contributed by atoms with Crippen molar-refractivity contribution in [3.8, 4) is 0 Å². The van der Waals surface area contributed by atoms with E-state index in [-0.39, 0.29) is 6.61 Å². The van der Waals surface area contributed by atoms with E-state index in [4.69, 9.17) is 4.74 Å². The monoisotopic (exact) mass is 346 g/mol. The second kappa shape index (κ2) is 7.16. The topological polar surface area (TPSA) is 126 Å². The number of fused-ring (bicyclic) bond motifs is 1. The molecule has 2 rings (SSSR count). The number of carboxylic acid groups (broad SMARTS) is 1. The summed E-state index contributed by atoms with van der Waals surface area (Å²) in [6.45, 7) is 2.58. The van der Waals surface area contributed by atoms with Gasteiger partial charge >= 0.3 is 11.9 Å². The molecule has 1 heterocycles. The molecule has 0 spiro atoms. The SMILES string of the molecule is CCOC(=O)C(Cc1cc(=O)[nH]c2ccccc12)(NC(C)=O)C(=O)O. The Balaban J connectivity index is 2.64. The third kappa shape index (κ3) is 3.68. The highest BCUT2D eigenvalue weighted by molar-refractivity contribution is 6.07. The second-order valence-corrected chi connectivity index (χ2v) is 5.49. The third-order valence-corrected chi connectivity index (χ3v) is 3.67. The van der Waals surface area contributed by atoms with E-state index in [0.29, 0.717) is 16.5 Å². The van der Waals surface area contributed by atoms with Gasteiger partial charge in [0.15, 0.2) is 0 Å². The summed E-state index contributed by atoms with van der Waals surface area (Å²) in [7, 11) is 0. The smallest absolute Gasteiger partial charge is 0.344 e. The van der Waals surface area contributed by atoms with Gasteiger partial charge in [-0.2, -0.15) is 0 Å². The average molecular weight is 346 g/mol. The van der Waals surface area contributed by atoms with Crippen LogP contribution in [0.15, 0.2) is 35.1 Å². The molecule has 8 heteroatoms. The molecule has 1 aromatic heterocycles.